The van der Waals surface area contributed by atoms with E-state index in [0.29, 0.717) is 23.1 Å². The molecule has 2 rings (SSSR count). The predicted octanol–water partition coefficient (Wildman–Crippen LogP) is 1.92. The molecule has 2 N–H and O–H groups in total. The number of carboxylic acids is 1. The van der Waals surface area contributed by atoms with E-state index >= 15 is 0 Å². The van der Waals surface area contributed by atoms with Crippen molar-refractivity contribution in [3.8, 4) is 0 Å². The van der Waals surface area contributed by atoms with E-state index in [1.165, 1.54) is 23.9 Å². The number of thioether (sulfide) groups is 1. The molecular formula is C12H12N2O4S. The molecule has 0 saturated heterocycles. The van der Waals surface area contributed by atoms with Gasteiger partial charge < -0.3 is 14.5 Å². The lowest BCUT2D eigenvalue weighted by molar-refractivity contribution is 0.0661. The fourth-order valence-electron chi connectivity index (χ4n) is 1.44. The molecule has 19 heavy (non-hydrogen) atoms. The van der Waals surface area contributed by atoms with Gasteiger partial charge in [0.2, 0.25) is 5.76 Å². The van der Waals surface area contributed by atoms with Crippen molar-refractivity contribution in [2.24, 2.45) is 0 Å². The molecule has 0 aliphatic heterocycles. The second kappa shape index (κ2) is 5.75. The Kier molecular flexibility index (Phi) is 4.06. The van der Waals surface area contributed by atoms with Crippen molar-refractivity contribution in [3.05, 3.63) is 45.8 Å². The molecule has 2 heterocycles. The zero-order valence-electron chi connectivity index (χ0n) is 10.2. The van der Waals surface area contributed by atoms with Crippen LogP contribution < -0.4 is 5.56 Å². The lowest BCUT2D eigenvalue weighted by Crippen LogP contribution is -2.09. The standard InChI is InChI=1S/C12H12N2O4S/c1-2-7-5-10(15)14-12(13-7)19-6-8-3-4-9(18-8)11(16)17/h3-5H,2,6H2,1H3,(H,16,17)(H,13,14,15). The molecule has 2 aromatic rings. The minimum Gasteiger partial charge on any atom is -0.475 e. The van der Waals surface area contributed by atoms with Gasteiger partial charge in [-0.05, 0) is 18.6 Å². The van der Waals surface area contributed by atoms with Crippen LogP contribution in [-0.4, -0.2) is 21.0 Å². The highest BCUT2D eigenvalue weighted by molar-refractivity contribution is 7.98. The first-order valence-corrected chi connectivity index (χ1v) is 6.62. The van der Waals surface area contributed by atoms with Crippen LogP contribution in [0, 0.1) is 0 Å². The molecular weight excluding hydrogens is 268 g/mol. The van der Waals surface area contributed by atoms with Crippen LogP contribution in [-0.2, 0) is 12.2 Å². The fraction of sp³-hybridized carbons (Fsp3) is 0.250. The van der Waals surface area contributed by atoms with Crippen LogP contribution >= 0.6 is 11.8 Å². The van der Waals surface area contributed by atoms with Crippen molar-refractivity contribution in [1.29, 1.82) is 0 Å². The molecule has 6 nitrogen and oxygen atoms in total. The molecule has 0 aliphatic carbocycles. The van der Waals surface area contributed by atoms with Crippen molar-refractivity contribution in [3.63, 3.8) is 0 Å². The summed E-state index contributed by atoms with van der Waals surface area (Å²) in [5, 5.41) is 9.23. The number of aromatic nitrogens is 2. The number of nitrogens with zero attached hydrogens (tertiary/aromatic N) is 1. The Bertz CT molecular complexity index is 647. The van der Waals surface area contributed by atoms with Gasteiger partial charge in [0, 0.05) is 11.8 Å². The molecule has 0 saturated carbocycles. The van der Waals surface area contributed by atoms with Crippen molar-refractivity contribution >= 4 is 17.7 Å². The van der Waals surface area contributed by atoms with Gasteiger partial charge in [0.25, 0.3) is 5.56 Å². The Labute approximate surface area is 112 Å². The number of carbonyl (C=O) groups is 1. The van der Waals surface area contributed by atoms with Crippen molar-refractivity contribution in [2.45, 2.75) is 24.3 Å². The maximum Gasteiger partial charge on any atom is 0.371 e. The number of aromatic amines is 1. The Morgan fingerprint density at radius 2 is 2.32 bits per heavy atom. The predicted molar refractivity (Wildman–Crippen MR) is 69.5 cm³/mol. The molecule has 100 valence electrons. The van der Waals surface area contributed by atoms with Crippen LogP contribution in [0.15, 0.2) is 32.6 Å². The average Bonchev–Trinajstić information content (AvgIpc) is 2.84. The van der Waals surface area contributed by atoms with Gasteiger partial charge in [-0.15, -0.1) is 0 Å². The summed E-state index contributed by atoms with van der Waals surface area (Å²) in [6.45, 7) is 1.92. The summed E-state index contributed by atoms with van der Waals surface area (Å²) in [7, 11) is 0. The Balaban J connectivity index is 2.07. The van der Waals surface area contributed by atoms with Gasteiger partial charge in [0.1, 0.15) is 5.76 Å². The van der Waals surface area contributed by atoms with Crippen molar-refractivity contribution in [1.82, 2.24) is 9.97 Å². The third-order valence-corrected chi connectivity index (χ3v) is 3.25. The molecule has 0 atom stereocenters. The monoisotopic (exact) mass is 280 g/mol. The van der Waals surface area contributed by atoms with Gasteiger partial charge in [-0.1, -0.05) is 18.7 Å². The number of hydrogen-bond donors (Lipinski definition) is 2. The number of hydrogen-bond acceptors (Lipinski definition) is 5. The largest absolute Gasteiger partial charge is 0.475 e. The second-order valence-electron chi connectivity index (χ2n) is 3.76. The van der Waals surface area contributed by atoms with Gasteiger partial charge in [-0.3, -0.25) is 4.79 Å². The lowest BCUT2D eigenvalue weighted by Gasteiger charge is -2.01. The topological polar surface area (TPSA) is 96.2 Å². The molecule has 0 aromatic carbocycles. The third-order valence-electron chi connectivity index (χ3n) is 2.36. The quantitative estimate of drug-likeness (QED) is 0.641. The molecule has 0 radical (unpaired) electrons. The first kappa shape index (κ1) is 13.4. The normalized spacial score (nSPS) is 10.6. The molecule has 2 aromatic heterocycles. The molecule has 0 spiro atoms. The first-order chi connectivity index (χ1) is 9.08. The van der Waals surface area contributed by atoms with Crippen LogP contribution in [0.25, 0.3) is 0 Å². The van der Waals surface area contributed by atoms with Crippen LogP contribution in [0.3, 0.4) is 0 Å². The van der Waals surface area contributed by atoms with Gasteiger partial charge in [0.05, 0.1) is 5.75 Å². The van der Waals surface area contributed by atoms with Crippen LogP contribution in [0.4, 0.5) is 0 Å². The molecule has 7 heteroatoms. The van der Waals surface area contributed by atoms with E-state index in [1.54, 1.807) is 6.07 Å². The van der Waals surface area contributed by atoms with E-state index in [-0.39, 0.29) is 11.3 Å². The summed E-state index contributed by atoms with van der Waals surface area (Å²) in [5.41, 5.74) is 0.525. The highest BCUT2D eigenvalue weighted by atomic mass is 32.2. The van der Waals surface area contributed by atoms with Gasteiger partial charge in [0.15, 0.2) is 5.16 Å². The summed E-state index contributed by atoms with van der Waals surface area (Å²) in [4.78, 5) is 28.9. The van der Waals surface area contributed by atoms with E-state index < -0.39 is 5.97 Å². The Morgan fingerprint density at radius 3 is 2.95 bits per heavy atom. The van der Waals surface area contributed by atoms with Crippen LogP contribution in [0.2, 0.25) is 0 Å². The minimum absolute atomic E-state index is 0.0978. The van der Waals surface area contributed by atoms with E-state index in [1.807, 2.05) is 6.92 Å². The summed E-state index contributed by atoms with van der Waals surface area (Å²) in [5.74, 6) is -0.272. The van der Waals surface area contributed by atoms with Gasteiger partial charge >= 0.3 is 5.97 Å². The number of rotatable bonds is 5. The Morgan fingerprint density at radius 1 is 1.53 bits per heavy atom. The number of aryl methyl sites for hydroxylation is 1. The van der Waals surface area contributed by atoms with Gasteiger partial charge in [-0.25, -0.2) is 9.78 Å². The molecule has 0 bridgehead atoms. The number of carboxylic acid groups (broad SMARTS) is 1. The summed E-state index contributed by atoms with van der Waals surface area (Å²) in [6.07, 6.45) is 0.682. The molecule has 0 amide bonds. The maximum atomic E-state index is 11.4. The van der Waals surface area contributed by atoms with E-state index in [2.05, 4.69) is 9.97 Å². The van der Waals surface area contributed by atoms with Crippen LogP contribution in [0.5, 0.6) is 0 Å². The third kappa shape index (κ3) is 3.47. The van der Waals surface area contributed by atoms with Crippen LogP contribution in [0.1, 0.15) is 28.9 Å². The summed E-state index contributed by atoms with van der Waals surface area (Å²) in [6, 6.07) is 4.45. The number of nitrogens with one attached hydrogen (secondary N) is 1. The highest BCUT2D eigenvalue weighted by Crippen LogP contribution is 2.20. The first-order valence-electron chi connectivity index (χ1n) is 5.63. The highest BCUT2D eigenvalue weighted by Gasteiger charge is 2.09. The van der Waals surface area contributed by atoms with Gasteiger partial charge in [-0.2, -0.15) is 0 Å². The average molecular weight is 280 g/mol. The van der Waals surface area contributed by atoms with E-state index in [4.69, 9.17) is 9.52 Å². The van der Waals surface area contributed by atoms with E-state index in [0.717, 1.165) is 5.69 Å². The second-order valence-corrected chi connectivity index (χ2v) is 4.72. The number of furan rings is 1. The summed E-state index contributed by atoms with van der Waals surface area (Å²) >= 11 is 1.29. The van der Waals surface area contributed by atoms with Crippen molar-refractivity contribution in [2.75, 3.05) is 0 Å². The van der Waals surface area contributed by atoms with Crippen molar-refractivity contribution < 1.29 is 14.3 Å². The smallest absolute Gasteiger partial charge is 0.371 e. The maximum absolute atomic E-state index is 11.4. The number of aromatic carboxylic acids is 1. The number of H-pyrrole nitrogens is 1. The molecule has 0 aliphatic rings. The zero-order chi connectivity index (χ0) is 13.8. The molecule has 0 fully saturated rings. The zero-order valence-corrected chi connectivity index (χ0v) is 11.0. The fourth-order valence-corrected chi connectivity index (χ4v) is 2.23. The Hall–Kier alpha value is -2.02. The van der Waals surface area contributed by atoms with E-state index in [9.17, 15) is 9.59 Å². The lowest BCUT2D eigenvalue weighted by atomic mass is 10.3. The summed E-state index contributed by atoms with van der Waals surface area (Å²) < 4.78 is 5.11. The SMILES string of the molecule is CCc1cc(=O)[nH]c(SCc2ccc(C(=O)O)o2)n1. The minimum atomic E-state index is -1.10. The molecule has 0 unspecified atom stereocenters.